The number of halogens is 1. The number of phenolic OH excluding ortho intramolecular Hbond substituents is 1. The Morgan fingerprint density at radius 2 is 2.00 bits per heavy atom. The van der Waals surface area contributed by atoms with E-state index in [1.54, 1.807) is 29.5 Å². The van der Waals surface area contributed by atoms with Crippen LogP contribution in [0.25, 0.3) is 20.8 Å². The molecule has 0 unspecified atom stereocenters. The maximum atomic E-state index is 9.54. The van der Waals surface area contributed by atoms with E-state index >= 15 is 0 Å². The predicted molar refractivity (Wildman–Crippen MR) is 76.5 cm³/mol. The van der Waals surface area contributed by atoms with Crippen LogP contribution in [0.5, 0.6) is 5.75 Å². The highest BCUT2D eigenvalue weighted by Gasteiger charge is 2.10. The monoisotopic (exact) mass is 275 g/mol. The summed E-state index contributed by atoms with van der Waals surface area (Å²) in [4.78, 5) is 4.57. The summed E-state index contributed by atoms with van der Waals surface area (Å²) in [7, 11) is 0. The molecule has 0 aliphatic heterocycles. The molecule has 1 heterocycles. The van der Waals surface area contributed by atoms with Crippen LogP contribution in [0.2, 0.25) is 5.02 Å². The van der Waals surface area contributed by atoms with Gasteiger partial charge in [0, 0.05) is 5.56 Å². The number of aromatic nitrogens is 1. The van der Waals surface area contributed by atoms with Crippen molar-refractivity contribution in [3.05, 3.63) is 47.0 Å². The zero-order valence-electron chi connectivity index (χ0n) is 9.64. The molecule has 3 aromatic rings. The molecule has 1 aromatic heterocycles. The number of phenols is 1. The molecular weight excluding hydrogens is 266 g/mol. The molecule has 0 saturated heterocycles. The molecule has 0 saturated carbocycles. The average Bonchev–Trinajstić information content (AvgIpc) is 2.74. The van der Waals surface area contributed by atoms with Gasteiger partial charge in [-0.05, 0) is 42.8 Å². The van der Waals surface area contributed by atoms with E-state index in [1.807, 2.05) is 13.0 Å². The van der Waals surface area contributed by atoms with Crippen molar-refractivity contribution in [3.8, 4) is 16.3 Å². The van der Waals surface area contributed by atoms with Crippen LogP contribution in [0.1, 0.15) is 5.56 Å². The highest BCUT2D eigenvalue weighted by Crippen LogP contribution is 2.36. The maximum Gasteiger partial charge on any atom is 0.126 e. The molecule has 0 fully saturated rings. The molecule has 3 rings (SSSR count). The van der Waals surface area contributed by atoms with Gasteiger partial charge in [-0.3, -0.25) is 0 Å². The second-order valence-corrected chi connectivity index (χ2v) is 5.59. The van der Waals surface area contributed by atoms with Crippen molar-refractivity contribution in [2.24, 2.45) is 0 Å². The Morgan fingerprint density at radius 3 is 2.83 bits per heavy atom. The van der Waals surface area contributed by atoms with Gasteiger partial charge in [-0.1, -0.05) is 17.7 Å². The van der Waals surface area contributed by atoms with Gasteiger partial charge < -0.3 is 5.11 Å². The highest BCUT2D eigenvalue weighted by molar-refractivity contribution is 7.21. The summed E-state index contributed by atoms with van der Waals surface area (Å²) in [5.41, 5.74) is 2.92. The third-order valence-electron chi connectivity index (χ3n) is 2.72. The van der Waals surface area contributed by atoms with Crippen molar-refractivity contribution in [1.29, 1.82) is 0 Å². The number of nitrogens with zero attached hydrogens (tertiary/aromatic N) is 1. The molecule has 18 heavy (non-hydrogen) atoms. The minimum Gasteiger partial charge on any atom is -0.508 e. The average molecular weight is 276 g/mol. The van der Waals surface area contributed by atoms with E-state index in [4.69, 9.17) is 11.6 Å². The van der Waals surface area contributed by atoms with E-state index in [0.29, 0.717) is 5.02 Å². The van der Waals surface area contributed by atoms with Crippen LogP contribution >= 0.6 is 22.9 Å². The maximum absolute atomic E-state index is 9.54. The van der Waals surface area contributed by atoms with Crippen molar-refractivity contribution < 1.29 is 5.11 Å². The van der Waals surface area contributed by atoms with Crippen molar-refractivity contribution in [1.82, 2.24) is 4.98 Å². The Labute approximate surface area is 113 Å². The minimum absolute atomic E-state index is 0.199. The lowest BCUT2D eigenvalue weighted by Gasteiger charge is -2.00. The predicted octanol–water partition coefficient (Wildman–Crippen LogP) is 4.63. The Kier molecular flexibility index (Phi) is 2.73. The summed E-state index contributed by atoms with van der Waals surface area (Å²) in [6.07, 6.45) is 0. The lowest BCUT2D eigenvalue weighted by atomic mass is 10.2. The molecule has 4 heteroatoms. The summed E-state index contributed by atoms with van der Waals surface area (Å²) in [5.74, 6) is 0.199. The van der Waals surface area contributed by atoms with Gasteiger partial charge in [-0.25, -0.2) is 4.98 Å². The third kappa shape index (κ3) is 1.96. The molecular formula is C14H10ClNOS. The smallest absolute Gasteiger partial charge is 0.126 e. The van der Waals surface area contributed by atoms with E-state index in [2.05, 4.69) is 17.1 Å². The Hall–Kier alpha value is -1.58. The number of benzene rings is 2. The second-order valence-electron chi connectivity index (χ2n) is 4.15. The lowest BCUT2D eigenvalue weighted by molar-refractivity contribution is 0.475. The summed E-state index contributed by atoms with van der Waals surface area (Å²) in [5, 5.41) is 11.0. The number of aryl methyl sites for hydroxylation is 1. The first-order valence-corrected chi connectivity index (χ1v) is 6.69. The van der Waals surface area contributed by atoms with Gasteiger partial charge in [0.1, 0.15) is 10.8 Å². The number of thiazole rings is 1. The number of fused-ring (bicyclic) bond motifs is 1. The quantitative estimate of drug-likeness (QED) is 0.702. The second kappa shape index (κ2) is 4.26. The molecule has 0 radical (unpaired) electrons. The summed E-state index contributed by atoms with van der Waals surface area (Å²) < 4.78 is 1.12. The molecule has 0 atom stereocenters. The number of rotatable bonds is 1. The van der Waals surface area contributed by atoms with Crippen LogP contribution in [0, 0.1) is 6.92 Å². The molecule has 1 N–H and O–H groups in total. The fourth-order valence-corrected chi connectivity index (χ4v) is 3.07. The molecule has 0 bridgehead atoms. The minimum atomic E-state index is 0.199. The van der Waals surface area contributed by atoms with E-state index in [9.17, 15) is 5.11 Å². The fourth-order valence-electron chi connectivity index (χ4n) is 1.83. The van der Waals surface area contributed by atoms with Crippen LogP contribution in [0.15, 0.2) is 36.4 Å². The number of hydrogen-bond acceptors (Lipinski definition) is 3. The van der Waals surface area contributed by atoms with Crippen molar-refractivity contribution in [2.75, 3.05) is 0 Å². The molecule has 0 amide bonds. The van der Waals surface area contributed by atoms with Crippen LogP contribution in [0.3, 0.4) is 0 Å². The molecule has 2 nitrogen and oxygen atoms in total. The lowest BCUT2D eigenvalue weighted by Crippen LogP contribution is -1.78. The zero-order valence-corrected chi connectivity index (χ0v) is 11.2. The first-order valence-electron chi connectivity index (χ1n) is 5.49. The van der Waals surface area contributed by atoms with Gasteiger partial charge >= 0.3 is 0 Å². The molecule has 0 spiro atoms. The number of hydrogen-bond donors (Lipinski definition) is 1. The molecule has 0 aliphatic rings. The van der Waals surface area contributed by atoms with Gasteiger partial charge in [-0.2, -0.15) is 0 Å². The summed E-state index contributed by atoms with van der Waals surface area (Å²) in [6, 6.07) is 11.1. The van der Waals surface area contributed by atoms with Gasteiger partial charge in [-0.15, -0.1) is 11.3 Å². The van der Waals surface area contributed by atoms with Crippen LogP contribution in [-0.4, -0.2) is 10.1 Å². The molecule has 2 aromatic carbocycles. The standard InChI is InChI=1S/C14H10ClNOS/c1-8-2-5-13-12(6-8)16-14(18-13)10-7-9(17)3-4-11(10)15/h2-7,17H,1H3. The van der Waals surface area contributed by atoms with Gasteiger partial charge in [0.15, 0.2) is 0 Å². The van der Waals surface area contributed by atoms with E-state index < -0.39 is 0 Å². The van der Waals surface area contributed by atoms with Gasteiger partial charge in [0.25, 0.3) is 0 Å². The van der Waals surface area contributed by atoms with E-state index in [-0.39, 0.29) is 5.75 Å². The first kappa shape index (κ1) is 11.5. The Balaban J connectivity index is 2.22. The van der Waals surface area contributed by atoms with Crippen LogP contribution in [0.4, 0.5) is 0 Å². The fraction of sp³-hybridized carbons (Fsp3) is 0.0714. The SMILES string of the molecule is Cc1ccc2sc(-c3cc(O)ccc3Cl)nc2c1. The van der Waals surface area contributed by atoms with Crippen molar-refractivity contribution >= 4 is 33.2 Å². The topological polar surface area (TPSA) is 33.1 Å². The van der Waals surface area contributed by atoms with E-state index in [0.717, 1.165) is 20.8 Å². The summed E-state index contributed by atoms with van der Waals surface area (Å²) in [6.45, 7) is 2.04. The Bertz CT molecular complexity index is 736. The van der Waals surface area contributed by atoms with Crippen molar-refractivity contribution in [3.63, 3.8) is 0 Å². The zero-order chi connectivity index (χ0) is 12.7. The van der Waals surface area contributed by atoms with Crippen LogP contribution in [-0.2, 0) is 0 Å². The van der Waals surface area contributed by atoms with Crippen LogP contribution < -0.4 is 0 Å². The van der Waals surface area contributed by atoms with E-state index in [1.165, 1.54) is 5.56 Å². The highest BCUT2D eigenvalue weighted by atomic mass is 35.5. The largest absolute Gasteiger partial charge is 0.508 e. The third-order valence-corrected chi connectivity index (χ3v) is 4.12. The summed E-state index contributed by atoms with van der Waals surface area (Å²) >= 11 is 7.72. The Morgan fingerprint density at radius 1 is 1.17 bits per heavy atom. The van der Waals surface area contributed by atoms with Gasteiger partial charge in [0.05, 0.1) is 15.2 Å². The normalized spacial score (nSPS) is 11.0. The van der Waals surface area contributed by atoms with Gasteiger partial charge in [0.2, 0.25) is 0 Å². The first-order chi connectivity index (χ1) is 8.63. The van der Waals surface area contributed by atoms with Crippen molar-refractivity contribution in [2.45, 2.75) is 6.92 Å². The molecule has 90 valence electrons. The molecule has 0 aliphatic carbocycles. The number of aromatic hydroxyl groups is 1.